The Hall–Kier alpha value is -2.56. The Morgan fingerprint density at radius 3 is 2.52 bits per heavy atom. The first-order valence-electron chi connectivity index (χ1n) is 6.56. The van der Waals surface area contributed by atoms with Crippen LogP contribution in [0.4, 0.5) is 0 Å². The van der Waals surface area contributed by atoms with E-state index in [0.29, 0.717) is 5.75 Å². The fourth-order valence-electron chi connectivity index (χ4n) is 1.99. The Balaban J connectivity index is 2.07. The fraction of sp³-hybridized carbons (Fsp3) is 0.250. The maximum Gasteiger partial charge on any atom is 0.331 e. The highest BCUT2D eigenvalue weighted by Gasteiger charge is 2.20. The number of rotatable bonds is 5. The molecule has 0 aliphatic carbocycles. The lowest BCUT2D eigenvalue weighted by Crippen LogP contribution is -2.44. The van der Waals surface area contributed by atoms with Crippen molar-refractivity contribution >= 4 is 22.6 Å². The average Bonchev–Trinajstić information content (AvgIpc) is 2.50. The summed E-state index contributed by atoms with van der Waals surface area (Å²) in [5.41, 5.74) is 0. The quantitative estimate of drug-likeness (QED) is 0.853. The number of methoxy groups -OCH3 is 1. The van der Waals surface area contributed by atoms with Crippen molar-refractivity contribution in [3.8, 4) is 5.75 Å². The van der Waals surface area contributed by atoms with Gasteiger partial charge < -0.3 is 14.8 Å². The van der Waals surface area contributed by atoms with E-state index in [4.69, 9.17) is 4.74 Å². The molecule has 1 amide bonds. The minimum atomic E-state index is -0.820. The van der Waals surface area contributed by atoms with E-state index in [2.05, 4.69) is 10.1 Å². The van der Waals surface area contributed by atoms with Gasteiger partial charge in [0.15, 0.2) is 6.04 Å². The first-order valence-corrected chi connectivity index (χ1v) is 6.56. The van der Waals surface area contributed by atoms with E-state index in [-0.39, 0.29) is 12.5 Å². The van der Waals surface area contributed by atoms with Crippen molar-refractivity contribution in [3.05, 3.63) is 42.5 Å². The summed E-state index contributed by atoms with van der Waals surface area (Å²) in [4.78, 5) is 22.7. The lowest BCUT2D eigenvalue weighted by atomic mass is 10.1. The number of amides is 1. The zero-order valence-electron chi connectivity index (χ0n) is 12.0. The Bertz CT molecular complexity index is 654. The van der Waals surface area contributed by atoms with Crippen LogP contribution in [0.15, 0.2) is 42.5 Å². The Morgan fingerprint density at radius 1 is 1.14 bits per heavy atom. The summed E-state index contributed by atoms with van der Waals surface area (Å²) in [7, 11) is 1.27. The third-order valence-corrected chi connectivity index (χ3v) is 3.00. The molecule has 1 unspecified atom stereocenters. The highest BCUT2D eigenvalue weighted by Crippen LogP contribution is 2.20. The Morgan fingerprint density at radius 2 is 1.86 bits per heavy atom. The number of hydrogen-bond donors (Lipinski definition) is 1. The number of nitrogens with one attached hydrogen (secondary N) is 1. The summed E-state index contributed by atoms with van der Waals surface area (Å²) in [6.45, 7) is 1.36. The van der Waals surface area contributed by atoms with Crippen LogP contribution in [-0.4, -0.2) is 31.6 Å². The second-order valence-corrected chi connectivity index (χ2v) is 4.60. The fourth-order valence-corrected chi connectivity index (χ4v) is 1.99. The number of carbonyl (C=O) groups is 2. The number of hydrogen-bond acceptors (Lipinski definition) is 4. The van der Waals surface area contributed by atoms with Crippen molar-refractivity contribution in [2.24, 2.45) is 0 Å². The monoisotopic (exact) mass is 287 g/mol. The van der Waals surface area contributed by atoms with E-state index in [1.54, 1.807) is 0 Å². The number of esters is 1. The van der Waals surface area contributed by atoms with Crippen LogP contribution in [0, 0.1) is 0 Å². The molecule has 1 N–H and O–H groups in total. The van der Waals surface area contributed by atoms with Gasteiger partial charge in [0, 0.05) is 6.92 Å². The summed E-state index contributed by atoms with van der Waals surface area (Å²) < 4.78 is 10.2. The molecule has 0 bridgehead atoms. The third-order valence-electron chi connectivity index (χ3n) is 3.00. The normalized spacial score (nSPS) is 11.7. The van der Waals surface area contributed by atoms with Crippen molar-refractivity contribution in [2.75, 3.05) is 13.7 Å². The van der Waals surface area contributed by atoms with Crippen LogP contribution in [0.5, 0.6) is 5.75 Å². The molecule has 0 spiro atoms. The first kappa shape index (κ1) is 14.8. The minimum Gasteiger partial charge on any atom is -0.491 e. The predicted octanol–water partition coefficient (Wildman–Crippen LogP) is 1.90. The molecule has 0 saturated heterocycles. The van der Waals surface area contributed by atoms with Crippen LogP contribution in [0.3, 0.4) is 0 Å². The maximum atomic E-state index is 11.6. The van der Waals surface area contributed by atoms with Gasteiger partial charge in [-0.2, -0.15) is 0 Å². The summed E-state index contributed by atoms with van der Waals surface area (Å²) in [6, 6.07) is 12.7. The van der Waals surface area contributed by atoms with Crippen LogP contribution in [0.25, 0.3) is 10.8 Å². The number of ether oxygens (including phenoxy) is 2. The zero-order valence-corrected chi connectivity index (χ0v) is 12.0. The van der Waals surface area contributed by atoms with Crippen molar-refractivity contribution in [1.29, 1.82) is 0 Å². The van der Waals surface area contributed by atoms with Gasteiger partial charge in [-0.3, -0.25) is 4.79 Å². The second-order valence-electron chi connectivity index (χ2n) is 4.60. The van der Waals surface area contributed by atoms with Gasteiger partial charge >= 0.3 is 5.97 Å². The Kier molecular flexibility index (Phi) is 4.77. The molecule has 2 rings (SSSR count). The highest BCUT2D eigenvalue weighted by molar-refractivity contribution is 5.84. The lowest BCUT2D eigenvalue weighted by molar-refractivity contribution is -0.145. The predicted molar refractivity (Wildman–Crippen MR) is 79.1 cm³/mol. The summed E-state index contributed by atoms with van der Waals surface area (Å²) in [6.07, 6.45) is 0. The SMILES string of the molecule is COC(=O)C(COc1ccc2ccccc2c1)NC(C)=O. The average molecular weight is 287 g/mol. The van der Waals surface area contributed by atoms with Gasteiger partial charge in [0.05, 0.1) is 7.11 Å². The van der Waals surface area contributed by atoms with Crippen LogP contribution in [0.1, 0.15) is 6.92 Å². The molecule has 2 aromatic rings. The van der Waals surface area contributed by atoms with Crippen molar-refractivity contribution < 1.29 is 19.1 Å². The molecule has 5 heteroatoms. The van der Waals surface area contributed by atoms with Gasteiger partial charge in [-0.25, -0.2) is 4.79 Å². The molecular weight excluding hydrogens is 270 g/mol. The number of fused-ring (bicyclic) bond motifs is 1. The molecule has 5 nitrogen and oxygen atoms in total. The molecule has 0 fully saturated rings. The molecule has 0 heterocycles. The molecule has 0 saturated carbocycles. The minimum absolute atomic E-state index is 0.0184. The highest BCUT2D eigenvalue weighted by atomic mass is 16.5. The molecule has 21 heavy (non-hydrogen) atoms. The van der Waals surface area contributed by atoms with Gasteiger partial charge in [0.2, 0.25) is 5.91 Å². The molecular formula is C16H17NO4. The van der Waals surface area contributed by atoms with Crippen molar-refractivity contribution in [2.45, 2.75) is 13.0 Å². The van der Waals surface area contributed by atoms with Crippen LogP contribution in [-0.2, 0) is 14.3 Å². The zero-order chi connectivity index (χ0) is 15.2. The molecule has 1 atom stereocenters. The summed E-state index contributed by atoms with van der Waals surface area (Å²) in [5, 5.41) is 4.65. The molecule has 2 aromatic carbocycles. The van der Waals surface area contributed by atoms with E-state index in [9.17, 15) is 9.59 Å². The number of benzene rings is 2. The van der Waals surface area contributed by atoms with E-state index in [1.807, 2.05) is 42.5 Å². The van der Waals surface area contributed by atoms with E-state index in [0.717, 1.165) is 10.8 Å². The van der Waals surface area contributed by atoms with E-state index < -0.39 is 12.0 Å². The third kappa shape index (κ3) is 3.95. The van der Waals surface area contributed by atoms with Gasteiger partial charge in [0.1, 0.15) is 12.4 Å². The smallest absolute Gasteiger partial charge is 0.331 e. The van der Waals surface area contributed by atoms with Gasteiger partial charge in [0.25, 0.3) is 0 Å². The van der Waals surface area contributed by atoms with Crippen LogP contribution in [0.2, 0.25) is 0 Å². The van der Waals surface area contributed by atoms with Crippen molar-refractivity contribution in [1.82, 2.24) is 5.32 Å². The van der Waals surface area contributed by atoms with Gasteiger partial charge in [-0.15, -0.1) is 0 Å². The molecule has 0 aliphatic rings. The van der Waals surface area contributed by atoms with E-state index in [1.165, 1.54) is 14.0 Å². The van der Waals surface area contributed by atoms with Gasteiger partial charge in [-0.05, 0) is 22.9 Å². The van der Waals surface area contributed by atoms with Crippen LogP contribution < -0.4 is 10.1 Å². The summed E-state index contributed by atoms with van der Waals surface area (Å²) >= 11 is 0. The summed E-state index contributed by atoms with van der Waals surface area (Å²) in [5.74, 6) is -0.216. The second kappa shape index (κ2) is 6.74. The van der Waals surface area contributed by atoms with Gasteiger partial charge in [-0.1, -0.05) is 30.3 Å². The first-order chi connectivity index (χ1) is 10.1. The lowest BCUT2D eigenvalue weighted by Gasteiger charge is -2.16. The maximum absolute atomic E-state index is 11.6. The topological polar surface area (TPSA) is 64.6 Å². The molecule has 0 aromatic heterocycles. The largest absolute Gasteiger partial charge is 0.491 e. The van der Waals surface area contributed by atoms with Crippen molar-refractivity contribution in [3.63, 3.8) is 0 Å². The molecule has 0 radical (unpaired) electrons. The molecule has 110 valence electrons. The Labute approximate surface area is 122 Å². The van der Waals surface area contributed by atoms with E-state index >= 15 is 0 Å². The van der Waals surface area contributed by atoms with Crippen LogP contribution >= 0.6 is 0 Å². The standard InChI is InChI=1S/C16H17NO4/c1-11(18)17-15(16(19)20-2)10-21-14-8-7-12-5-3-4-6-13(12)9-14/h3-9,15H,10H2,1-2H3,(H,17,18). The number of carbonyl (C=O) groups excluding carboxylic acids is 2. The molecule has 0 aliphatic heterocycles.